The fraction of sp³-hybridized carbons (Fsp3) is 1.00. The molecule has 1 N–H and O–H groups in total. The summed E-state index contributed by atoms with van der Waals surface area (Å²) in [5.41, 5.74) is 0. The van der Waals surface area contributed by atoms with E-state index in [-0.39, 0.29) is 6.10 Å². The molecule has 0 heterocycles. The first-order valence-corrected chi connectivity index (χ1v) is 5.21. The third-order valence-electron chi connectivity index (χ3n) is 2.98. The fourth-order valence-corrected chi connectivity index (χ4v) is 2.21. The van der Waals surface area contributed by atoms with Crippen LogP contribution in [0.3, 0.4) is 0 Å². The molecule has 2 heteroatoms. The van der Waals surface area contributed by atoms with Crippen LogP contribution >= 0.6 is 0 Å². The van der Waals surface area contributed by atoms with E-state index in [1.807, 2.05) is 0 Å². The van der Waals surface area contributed by atoms with Crippen LogP contribution in [-0.2, 0) is 0 Å². The second kappa shape index (κ2) is 4.83. The van der Waals surface area contributed by atoms with E-state index in [0.29, 0.717) is 6.04 Å². The molecule has 1 aliphatic rings. The summed E-state index contributed by atoms with van der Waals surface area (Å²) in [4.78, 5) is 2.38. The van der Waals surface area contributed by atoms with Crippen LogP contribution in [0.5, 0.6) is 0 Å². The van der Waals surface area contributed by atoms with Gasteiger partial charge >= 0.3 is 0 Å². The van der Waals surface area contributed by atoms with Crippen molar-refractivity contribution in [2.75, 3.05) is 13.1 Å². The molecule has 1 rings (SSSR count). The summed E-state index contributed by atoms with van der Waals surface area (Å²) < 4.78 is 0. The van der Waals surface area contributed by atoms with Gasteiger partial charge in [-0.25, -0.2) is 0 Å². The lowest BCUT2D eigenvalue weighted by Gasteiger charge is -2.36. The van der Waals surface area contributed by atoms with E-state index >= 15 is 0 Å². The number of nitrogens with zero attached hydrogens (tertiary/aromatic N) is 1. The van der Waals surface area contributed by atoms with Crippen LogP contribution in [-0.4, -0.2) is 35.2 Å². The molecule has 2 atom stereocenters. The first kappa shape index (κ1) is 10.0. The lowest BCUT2D eigenvalue weighted by Crippen LogP contribution is -2.45. The Bertz CT molecular complexity index is 123. The molecule has 1 aliphatic carbocycles. The van der Waals surface area contributed by atoms with Crippen molar-refractivity contribution in [2.24, 2.45) is 0 Å². The van der Waals surface area contributed by atoms with E-state index < -0.39 is 0 Å². The minimum absolute atomic E-state index is 0.0707. The van der Waals surface area contributed by atoms with E-state index in [1.165, 1.54) is 19.3 Å². The molecule has 0 aromatic rings. The minimum atomic E-state index is -0.0707. The van der Waals surface area contributed by atoms with E-state index in [9.17, 15) is 5.11 Å². The van der Waals surface area contributed by atoms with E-state index in [2.05, 4.69) is 18.7 Å². The maximum Gasteiger partial charge on any atom is 0.0695 e. The van der Waals surface area contributed by atoms with Crippen molar-refractivity contribution in [3.8, 4) is 0 Å². The number of rotatable bonds is 3. The SMILES string of the molecule is CCN(CC)[C@@H]1CCCC[C@H]1O. The van der Waals surface area contributed by atoms with Gasteiger partial charge in [-0.15, -0.1) is 0 Å². The van der Waals surface area contributed by atoms with Gasteiger partial charge in [-0.05, 0) is 25.9 Å². The first-order valence-electron chi connectivity index (χ1n) is 5.21. The van der Waals surface area contributed by atoms with E-state index in [4.69, 9.17) is 0 Å². The van der Waals surface area contributed by atoms with Crippen LogP contribution in [0.25, 0.3) is 0 Å². The Labute approximate surface area is 75.6 Å². The Morgan fingerprint density at radius 2 is 1.75 bits per heavy atom. The molecule has 0 aromatic carbocycles. The van der Waals surface area contributed by atoms with Crippen LogP contribution in [0.2, 0.25) is 0 Å². The highest BCUT2D eigenvalue weighted by molar-refractivity contribution is 4.81. The fourth-order valence-electron chi connectivity index (χ4n) is 2.21. The second-order valence-corrected chi connectivity index (χ2v) is 3.64. The Hall–Kier alpha value is -0.0800. The Balaban J connectivity index is 2.45. The molecular weight excluding hydrogens is 150 g/mol. The van der Waals surface area contributed by atoms with Crippen LogP contribution < -0.4 is 0 Å². The van der Waals surface area contributed by atoms with Gasteiger partial charge in [0.15, 0.2) is 0 Å². The maximum absolute atomic E-state index is 9.76. The molecule has 0 radical (unpaired) electrons. The number of likely N-dealkylation sites (N-methyl/N-ethyl adjacent to an activating group) is 1. The van der Waals surface area contributed by atoms with Crippen molar-refractivity contribution < 1.29 is 5.11 Å². The lowest BCUT2D eigenvalue weighted by molar-refractivity contribution is 0.0247. The van der Waals surface area contributed by atoms with E-state index in [1.54, 1.807) is 0 Å². The normalized spacial score (nSPS) is 31.0. The van der Waals surface area contributed by atoms with Crippen LogP contribution in [0.4, 0.5) is 0 Å². The van der Waals surface area contributed by atoms with Gasteiger partial charge in [-0.2, -0.15) is 0 Å². The predicted octanol–water partition coefficient (Wildman–Crippen LogP) is 1.63. The van der Waals surface area contributed by atoms with Crippen LogP contribution in [0, 0.1) is 0 Å². The molecule has 12 heavy (non-hydrogen) atoms. The first-order chi connectivity index (χ1) is 5.79. The van der Waals surface area contributed by atoms with Gasteiger partial charge < -0.3 is 5.11 Å². The summed E-state index contributed by atoms with van der Waals surface area (Å²) in [5, 5.41) is 9.76. The molecule has 0 aromatic heterocycles. The average Bonchev–Trinajstić information content (AvgIpc) is 2.10. The molecule has 0 unspecified atom stereocenters. The number of aliphatic hydroxyl groups is 1. The molecular formula is C10H21NO. The van der Waals surface area contributed by atoms with Crippen LogP contribution in [0.15, 0.2) is 0 Å². The van der Waals surface area contributed by atoms with Gasteiger partial charge in [-0.1, -0.05) is 26.7 Å². The predicted molar refractivity (Wildman–Crippen MR) is 51.2 cm³/mol. The summed E-state index contributed by atoms with van der Waals surface area (Å²) in [6, 6.07) is 0.439. The van der Waals surface area contributed by atoms with Gasteiger partial charge in [0, 0.05) is 6.04 Å². The number of hydrogen-bond donors (Lipinski definition) is 1. The second-order valence-electron chi connectivity index (χ2n) is 3.64. The molecule has 1 saturated carbocycles. The highest BCUT2D eigenvalue weighted by Gasteiger charge is 2.26. The molecule has 1 fully saturated rings. The van der Waals surface area contributed by atoms with Gasteiger partial charge in [0.1, 0.15) is 0 Å². The van der Waals surface area contributed by atoms with Crippen molar-refractivity contribution in [1.29, 1.82) is 0 Å². The monoisotopic (exact) mass is 171 g/mol. The average molecular weight is 171 g/mol. The Morgan fingerprint density at radius 1 is 1.17 bits per heavy atom. The van der Waals surface area contributed by atoms with Crippen molar-refractivity contribution >= 4 is 0 Å². The number of hydrogen-bond acceptors (Lipinski definition) is 2. The van der Waals surface area contributed by atoms with Crippen molar-refractivity contribution in [1.82, 2.24) is 4.90 Å². The molecule has 0 spiro atoms. The molecule has 0 aliphatic heterocycles. The molecule has 0 amide bonds. The van der Waals surface area contributed by atoms with Gasteiger partial charge in [-0.3, -0.25) is 4.90 Å². The largest absolute Gasteiger partial charge is 0.391 e. The van der Waals surface area contributed by atoms with Gasteiger partial charge in [0.25, 0.3) is 0 Å². The Kier molecular flexibility index (Phi) is 4.02. The van der Waals surface area contributed by atoms with E-state index in [0.717, 1.165) is 19.5 Å². The Morgan fingerprint density at radius 3 is 2.25 bits per heavy atom. The van der Waals surface area contributed by atoms with Crippen molar-refractivity contribution in [3.63, 3.8) is 0 Å². The third-order valence-corrected chi connectivity index (χ3v) is 2.98. The highest BCUT2D eigenvalue weighted by Crippen LogP contribution is 2.22. The van der Waals surface area contributed by atoms with Gasteiger partial charge in [0.2, 0.25) is 0 Å². The summed E-state index contributed by atoms with van der Waals surface area (Å²) in [5.74, 6) is 0. The standard InChI is InChI=1S/C10H21NO/c1-3-11(4-2)9-7-5-6-8-10(9)12/h9-10,12H,3-8H2,1-2H3/t9-,10-/m1/s1. The third kappa shape index (κ3) is 2.20. The van der Waals surface area contributed by atoms with Crippen LogP contribution in [0.1, 0.15) is 39.5 Å². The summed E-state index contributed by atoms with van der Waals surface area (Å²) in [6.45, 7) is 6.48. The topological polar surface area (TPSA) is 23.5 Å². The zero-order chi connectivity index (χ0) is 8.97. The lowest BCUT2D eigenvalue weighted by atomic mass is 9.91. The zero-order valence-corrected chi connectivity index (χ0v) is 8.29. The molecule has 0 bridgehead atoms. The quantitative estimate of drug-likeness (QED) is 0.697. The number of aliphatic hydroxyl groups excluding tert-OH is 1. The summed E-state index contributed by atoms with van der Waals surface area (Å²) >= 11 is 0. The summed E-state index contributed by atoms with van der Waals surface area (Å²) in [7, 11) is 0. The zero-order valence-electron chi connectivity index (χ0n) is 8.29. The molecule has 0 saturated heterocycles. The molecule has 72 valence electrons. The minimum Gasteiger partial charge on any atom is -0.391 e. The highest BCUT2D eigenvalue weighted by atomic mass is 16.3. The smallest absolute Gasteiger partial charge is 0.0695 e. The maximum atomic E-state index is 9.76. The van der Waals surface area contributed by atoms with Crippen molar-refractivity contribution in [2.45, 2.75) is 51.7 Å². The molecule has 2 nitrogen and oxygen atoms in total. The summed E-state index contributed by atoms with van der Waals surface area (Å²) in [6.07, 6.45) is 4.61. The van der Waals surface area contributed by atoms with Crippen molar-refractivity contribution in [3.05, 3.63) is 0 Å². The van der Waals surface area contributed by atoms with Gasteiger partial charge in [0.05, 0.1) is 6.10 Å².